The number of thiophene rings is 1. The lowest BCUT2D eigenvalue weighted by Gasteiger charge is -2.12. The van der Waals surface area contributed by atoms with Crippen LogP contribution in [0.15, 0.2) is 52.2 Å². The number of carbonyl (C=O) groups excluding carboxylic acids is 1. The molecule has 0 bridgehead atoms. The van der Waals surface area contributed by atoms with Crippen molar-refractivity contribution < 1.29 is 17.4 Å². The average molecular weight is 437 g/mol. The molecule has 9 heteroatoms. The van der Waals surface area contributed by atoms with Crippen LogP contribution < -0.4 is 5.32 Å². The Morgan fingerprint density at radius 2 is 2.04 bits per heavy atom. The number of hydrogen-bond acceptors (Lipinski definition) is 8. The molecule has 0 aliphatic rings. The Labute approximate surface area is 172 Å². The van der Waals surface area contributed by atoms with Crippen LogP contribution >= 0.6 is 22.7 Å². The number of anilines is 1. The van der Waals surface area contributed by atoms with Crippen LogP contribution in [-0.4, -0.2) is 31.8 Å². The summed E-state index contributed by atoms with van der Waals surface area (Å²) in [6.07, 6.45) is 2.04. The minimum Gasteiger partial charge on any atom is -0.359 e. The standard InChI is InChI=1S/C19H20N2O4S3/c1-13-6-3-4-7-15(13)18(22)16-12-20-19(27-16)21-14(2)9-10-25-28(23,24)17-8-5-11-26-17/h3-8,11-12,14H,9-10H2,1-2H3,(H,20,21). The zero-order valence-corrected chi connectivity index (χ0v) is 17.9. The van der Waals surface area contributed by atoms with E-state index >= 15 is 0 Å². The first-order valence-electron chi connectivity index (χ1n) is 8.62. The predicted molar refractivity (Wildman–Crippen MR) is 112 cm³/mol. The molecule has 28 heavy (non-hydrogen) atoms. The molecule has 1 atom stereocenters. The maximum atomic E-state index is 12.6. The smallest absolute Gasteiger partial charge is 0.306 e. The average Bonchev–Trinajstić information content (AvgIpc) is 3.34. The maximum absolute atomic E-state index is 12.6. The molecule has 148 valence electrons. The van der Waals surface area contributed by atoms with Crippen molar-refractivity contribution in [2.75, 3.05) is 11.9 Å². The number of benzene rings is 1. The van der Waals surface area contributed by atoms with Crippen LogP contribution in [0.4, 0.5) is 5.13 Å². The quantitative estimate of drug-likeness (QED) is 0.397. The summed E-state index contributed by atoms with van der Waals surface area (Å²) in [7, 11) is -3.69. The third-order valence-electron chi connectivity index (χ3n) is 4.02. The van der Waals surface area contributed by atoms with E-state index in [4.69, 9.17) is 4.18 Å². The number of hydrogen-bond donors (Lipinski definition) is 1. The highest BCUT2D eigenvalue weighted by molar-refractivity contribution is 7.89. The minimum absolute atomic E-state index is 0.0540. The van der Waals surface area contributed by atoms with Gasteiger partial charge in [-0.3, -0.25) is 8.98 Å². The van der Waals surface area contributed by atoms with Crippen LogP contribution in [0.25, 0.3) is 0 Å². The van der Waals surface area contributed by atoms with Gasteiger partial charge in [0, 0.05) is 11.6 Å². The number of thiazole rings is 1. The Balaban J connectivity index is 1.53. The van der Waals surface area contributed by atoms with Crippen LogP contribution in [0, 0.1) is 6.92 Å². The summed E-state index contributed by atoms with van der Waals surface area (Å²) >= 11 is 2.41. The minimum atomic E-state index is -3.69. The molecule has 1 unspecified atom stereocenters. The van der Waals surface area contributed by atoms with Crippen molar-refractivity contribution in [3.8, 4) is 0 Å². The van der Waals surface area contributed by atoms with E-state index in [0.29, 0.717) is 22.0 Å². The zero-order chi connectivity index (χ0) is 20.1. The summed E-state index contributed by atoms with van der Waals surface area (Å²) < 4.78 is 29.3. The van der Waals surface area contributed by atoms with Gasteiger partial charge in [0.15, 0.2) is 5.13 Å². The fourth-order valence-corrected chi connectivity index (χ4v) is 5.28. The highest BCUT2D eigenvalue weighted by Gasteiger charge is 2.18. The number of ketones is 1. The van der Waals surface area contributed by atoms with Gasteiger partial charge in [0.2, 0.25) is 5.78 Å². The van der Waals surface area contributed by atoms with Gasteiger partial charge in [0.1, 0.15) is 4.21 Å². The Morgan fingerprint density at radius 1 is 1.25 bits per heavy atom. The molecule has 3 aromatic rings. The number of aryl methyl sites for hydroxylation is 1. The molecule has 0 radical (unpaired) electrons. The third kappa shape index (κ3) is 5.05. The van der Waals surface area contributed by atoms with Gasteiger partial charge in [-0.15, -0.1) is 11.3 Å². The lowest BCUT2D eigenvalue weighted by atomic mass is 10.0. The second-order valence-electron chi connectivity index (χ2n) is 6.22. The first-order chi connectivity index (χ1) is 13.4. The van der Waals surface area contributed by atoms with Gasteiger partial charge in [-0.2, -0.15) is 8.42 Å². The molecular weight excluding hydrogens is 416 g/mol. The van der Waals surface area contributed by atoms with Crippen molar-refractivity contribution in [1.29, 1.82) is 0 Å². The Hall–Kier alpha value is -2.07. The topological polar surface area (TPSA) is 85.4 Å². The van der Waals surface area contributed by atoms with E-state index in [2.05, 4.69) is 10.3 Å². The highest BCUT2D eigenvalue weighted by Crippen LogP contribution is 2.24. The van der Waals surface area contributed by atoms with Crippen molar-refractivity contribution in [3.05, 3.63) is 64.0 Å². The molecule has 3 rings (SSSR count). The van der Waals surface area contributed by atoms with Crippen molar-refractivity contribution >= 4 is 43.7 Å². The second kappa shape index (κ2) is 8.95. The lowest BCUT2D eigenvalue weighted by Crippen LogP contribution is -2.18. The normalized spacial score (nSPS) is 12.6. The van der Waals surface area contributed by atoms with Crippen molar-refractivity contribution in [2.45, 2.75) is 30.5 Å². The number of rotatable bonds is 9. The van der Waals surface area contributed by atoms with Crippen LogP contribution in [0.2, 0.25) is 0 Å². The van der Waals surface area contributed by atoms with Crippen molar-refractivity contribution in [3.63, 3.8) is 0 Å². The molecule has 0 saturated carbocycles. The predicted octanol–water partition coefficient (Wildman–Crippen LogP) is 4.34. The monoisotopic (exact) mass is 436 g/mol. The van der Waals surface area contributed by atoms with Crippen LogP contribution in [0.3, 0.4) is 0 Å². The fourth-order valence-electron chi connectivity index (χ4n) is 2.49. The Morgan fingerprint density at radius 3 is 2.75 bits per heavy atom. The summed E-state index contributed by atoms with van der Waals surface area (Å²) in [6, 6.07) is 10.6. The number of aromatic nitrogens is 1. The van der Waals surface area contributed by atoms with Gasteiger partial charge >= 0.3 is 10.1 Å². The van der Waals surface area contributed by atoms with Gasteiger partial charge in [-0.1, -0.05) is 41.7 Å². The van der Waals surface area contributed by atoms with Gasteiger partial charge < -0.3 is 5.32 Å². The molecule has 0 saturated heterocycles. The molecule has 2 aromatic heterocycles. The molecule has 0 fully saturated rings. The zero-order valence-electron chi connectivity index (χ0n) is 15.4. The van der Waals surface area contributed by atoms with Gasteiger partial charge in [-0.25, -0.2) is 4.98 Å². The Kier molecular flexibility index (Phi) is 6.61. The molecule has 1 aromatic carbocycles. The van der Waals surface area contributed by atoms with Gasteiger partial charge in [0.05, 0.1) is 17.7 Å². The molecule has 0 aliphatic carbocycles. The van der Waals surface area contributed by atoms with E-state index in [9.17, 15) is 13.2 Å². The summed E-state index contributed by atoms with van der Waals surface area (Å²) in [5.74, 6) is -0.0540. The number of nitrogens with zero attached hydrogens (tertiary/aromatic N) is 1. The maximum Gasteiger partial charge on any atom is 0.306 e. The summed E-state index contributed by atoms with van der Waals surface area (Å²) in [4.78, 5) is 17.4. The fraction of sp³-hybridized carbons (Fsp3) is 0.263. The van der Waals surface area contributed by atoms with E-state index in [1.54, 1.807) is 23.7 Å². The molecule has 0 spiro atoms. The van der Waals surface area contributed by atoms with Crippen LogP contribution in [-0.2, 0) is 14.3 Å². The van der Waals surface area contributed by atoms with E-state index < -0.39 is 10.1 Å². The van der Waals surface area contributed by atoms with Crippen molar-refractivity contribution in [2.24, 2.45) is 0 Å². The summed E-state index contributed by atoms with van der Waals surface area (Å²) in [5.41, 5.74) is 1.59. The van der Waals surface area contributed by atoms with Crippen LogP contribution in [0.1, 0.15) is 34.1 Å². The molecular formula is C19H20N2O4S3. The van der Waals surface area contributed by atoms with Crippen LogP contribution in [0.5, 0.6) is 0 Å². The first-order valence-corrected chi connectivity index (χ1v) is 11.7. The number of nitrogens with one attached hydrogen (secondary N) is 1. The molecule has 6 nitrogen and oxygen atoms in total. The van der Waals surface area contributed by atoms with Crippen molar-refractivity contribution in [1.82, 2.24) is 4.98 Å². The summed E-state index contributed by atoms with van der Waals surface area (Å²) in [6.45, 7) is 3.87. The van der Waals surface area contributed by atoms with Gasteiger partial charge in [-0.05, 0) is 37.3 Å². The van der Waals surface area contributed by atoms with E-state index in [0.717, 1.165) is 16.9 Å². The third-order valence-corrected chi connectivity index (χ3v) is 7.62. The first kappa shape index (κ1) is 20.7. The van der Waals surface area contributed by atoms with E-state index in [1.807, 2.05) is 32.0 Å². The largest absolute Gasteiger partial charge is 0.359 e. The number of carbonyl (C=O) groups is 1. The van der Waals surface area contributed by atoms with Gasteiger partial charge in [0.25, 0.3) is 0 Å². The highest BCUT2D eigenvalue weighted by atomic mass is 32.3. The molecule has 0 amide bonds. The second-order valence-corrected chi connectivity index (χ2v) is 10.0. The Bertz CT molecular complexity index is 1040. The lowest BCUT2D eigenvalue weighted by molar-refractivity contribution is 0.104. The van der Waals surface area contributed by atoms with E-state index in [-0.39, 0.29) is 22.6 Å². The molecule has 2 heterocycles. The SMILES string of the molecule is Cc1ccccc1C(=O)c1cnc(NC(C)CCOS(=O)(=O)c2cccs2)s1. The molecule has 0 aliphatic heterocycles. The molecule has 1 N–H and O–H groups in total. The van der Waals surface area contributed by atoms with E-state index in [1.165, 1.54) is 17.4 Å². The summed E-state index contributed by atoms with van der Waals surface area (Å²) in [5, 5.41) is 5.50.